The molecule has 0 saturated heterocycles. The highest BCUT2D eigenvalue weighted by Crippen LogP contribution is 2.19. The zero-order chi connectivity index (χ0) is 14.5. The van der Waals surface area contributed by atoms with Gasteiger partial charge in [0.1, 0.15) is 0 Å². The molecule has 0 radical (unpaired) electrons. The number of hydrogen-bond donors (Lipinski definition) is 1. The van der Waals surface area contributed by atoms with Crippen LogP contribution in [0.3, 0.4) is 0 Å². The molecule has 0 heterocycles. The molecule has 0 amide bonds. The Kier molecular flexibility index (Phi) is 5.50. The van der Waals surface area contributed by atoms with Gasteiger partial charge in [0.25, 0.3) is 0 Å². The van der Waals surface area contributed by atoms with Crippen molar-refractivity contribution in [1.82, 2.24) is 4.31 Å². The van der Waals surface area contributed by atoms with Gasteiger partial charge >= 0.3 is 5.97 Å². The van der Waals surface area contributed by atoms with Crippen molar-refractivity contribution in [3.8, 4) is 0 Å². The number of hydrogen-bond acceptors (Lipinski definition) is 3. The molecule has 1 rings (SSSR count). The maximum absolute atomic E-state index is 12.3. The quantitative estimate of drug-likeness (QED) is 0.779. The molecule has 0 spiro atoms. The van der Waals surface area contributed by atoms with E-state index in [1.54, 1.807) is 0 Å². The third kappa shape index (κ3) is 3.78. The summed E-state index contributed by atoms with van der Waals surface area (Å²) >= 11 is 0. The number of carboxylic acids is 1. The molecule has 0 aliphatic rings. The van der Waals surface area contributed by atoms with E-state index in [-0.39, 0.29) is 10.5 Å². The minimum Gasteiger partial charge on any atom is -0.478 e. The summed E-state index contributed by atoms with van der Waals surface area (Å²) in [5, 5.41) is 9.04. The van der Waals surface area contributed by atoms with Crippen LogP contribution in [0.15, 0.2) is 29.2 Å². The second-order valence-electron chi connectivity index (χ2n) is 4.33. The Labute approximate surface area is 113 Å². The lowest BCUT2D eigenvalue weighted by Crippen LogP contribution is -2.29. The number of rotatable bonds is 7. The van der Waals surface area contributed by atoms with E-state index in [1.165, 1.54) is 35.6 Å². The second kappa shape index (κ2) is 6.68. The van der Waals surface area contributed by atoms with Crippen LogP contribution in [-0.2, 0) is 10.0 Å². The molecule has 0 unspecified atom stereocenters. The average molecular weight is 285 g/mol. The van der Waals surface area contributed by atoms with Gasteiger partial charge in [-0.15, -0.1) is 0 Å². The highest BCUT2D eigenvalue weighted by Gasteiger charge is 2.25. The van der Waals surface area contributed by atoms with Gasteiger partial charge in [0.15, 0.2) is 0 Å². The molecule has 1 aromatic rings. The van der Waals surface area contributed by atoms with Crippen molar-refractivity contribution in [2.75, 3.05) is 13.6 Å². The summed E-state index contributed by atoms with van der Waals surface area (Å²) in [6, 6.07) is 5.67. The van der Waals surface area contributed by atoms with Crippen LogP contribution in [0.1, 0.15) is 36.5 Å². The Morgan fingerprint density at radius 1 is 1.26 bits per heavy atom. The zero-order valence-electron chi connectivity index (χ0n) is 11.2. The van der Waals surface area contributed by atoms with E-state index in [1.807, 2.05) is 6.92 Å². The third-order valence-electron chi connectivity index (χ3n) is 2.88. The number of aromatic carboxylic acids is 1. The smallest absolute Gasteiger partial charge is 0.337 e. The fourth-order valence-electron chi connectivity index (χ4n) is 1.74. The van der Waals surface area contributed by atoms with Gasteiger partial charge in [0.05, 0.1) is 10.5 Å². The maximum Gasteiger partial charge on any atom is 0.337 e. The van der Waals surface area contributed by atoms with E-state index in [9.17, 15) is 13.2 Å². The van der Waals surface area contributed by atoms with Crippen LogP contribution in [0, 0.1) is 0 Å². The van der Waals surface area contributed by atoms with Crippen LogP contribution in [-0.4, -0.2) is 37.4 Å². The molecular weight excluding hydrogens is 266 g/mol. The summed E-state index contributed by atoms with van der Waals surface area (Å²) in [6.45, 7) is 2.43. The summed E-state index contributed by atoms with van der Waals surface area (Å²) in [5.74, 6) is -1.24. The van der Waals surface area contributed by atoms with Crippen LogP contribution < -0.4 is 0 Å². The second-order valence-corrected chi connectivity index (χ2v) is 6.35. The van der Waals surface area contributed by atoms with Crippen LogP contribution in [0.4, 0.5) is 0 Å². The van der Waals surface area contributed by atoms with Gasteiger partial charge in [-0.3, -0.25) is 0 Å². The van der Waals surface area contributed by atoms with Crippen molar-refractivity contribution in [1.29, 1.82) is 0 Å². The average Bonchev–Trinajstić information content (AvgIpc) is 2.38. The topological polar surface area (TPSA) is 74.7 Å². The molecule has 0 aliphatic heterocycles. The van der Waals surface area contributed by atoms with E-state index in [4.69, 9.17) is 5.11 Å². The first-order valence-electron chi connectivity index (χ1n) is 6.20. The monoisotopic (exact) mass is 285 g/mol. The number of unbranched alkanes of at least 4 members (excludes halogenated alkanes) is 2. The van der Waals surface area contributed by atoms with Gasteiger partial charge in [0, 0.05) is 13.6 Å². The summed E-state index contributed by atoms with van der Waals surface area (Å²) in [7, 11) is -2.27. The molecule has 19 heavy (non-hydrogen) atoms. The molecular formula is C13H19NO4S. The van der Waals surface area contributed by atoms with Crippen molar-refractivity contribution in [3.05, 3.63) is 29.8 Å². The van der Waals surface area contributed by atoms with Crippen molar-refractivity contribution < 1.29 is 18.3 Å². The molecule has 106 valence electrons. The van der Waals surface area contributed by atoms with Crippen LogP contribution in [0.5, 0.6) is 0 Å². The highest BCUT2D eigenvalue weighted by molar-refractivity contribution is 7.89. The first kappa shape index (κ1) is 15.7. The van der Waals surface area contributed by atoms with Crippen LogP contribution in [0.25, 0.3) is 0 Å². The predicted molar refractivity (Wildman–Crippen MR) is 72.7 cm³/mol. The Hall–Kier alpha value is -1.40. The molecule has 5 nitrogen and oxygen atoms in total. The van der Waals surface area contributed by atoms with E-state index >= 15 is 0 Å². The molecule has 6 heteroatoms. The van der Waals surface area contributed by atoms with Gasteiger partial charge in [-0.05, 0) is 18.6 Å². The summed E-state index contributed by atoms with van der Waals surface area (Å²) in [4.78, 5) is 10.9. The highest BCUT2D eigenvalue weighted by atomic mass is 32.2. The summed E-state index contributed by atoms with van der Waals surface area (Å²) in [6.07, 6.45) is 2.71. The van der Waals surface area contributed by atoms with Gasteiger partial charge < -0.3 is 5.11 Å². The molecule has 0 atom stereocenters. The van der Waals surface area contributed by atoms with Gasteiger partial charge in [0.2, 0.25) is 10.0 Å². The molecule has 0 saturated carbocycles. The third-order valence-corrected chi connectivity index (χ3v) is 4.80. The minimum atomic E-state index is -3.74. The summed E-state index contributed by atoms with van der Waals surface area (Å²) in [5.41, 5.74) is -0.190. The Bertz CT molecular complexity index is 539. The van der Waals surface area contributed by atoms with E-state index in [2.05, 4.69) is 0 Å². The first-order chi connectivity index (χ1) is 8.91. The largest absolute Gasteiger partial charge is 0.478 e. The van der Waals surface area contributed by atoms with Crippen LogP contribution >= 0.6 is 0 Å². The Morgan fingerprint density at radius 3 is 2.47 bits per heavy atom. The number of benzene rings is 1. The fourth-order valence-corrected chi connectivity index (χ4v) is 3.13. The van der Waals surface area contributed by atoms with Crippen molar-refractivity contribution in [3.63, 3.8) is 0 Å². The Morgan fingerprint density at radius 2 is 1.89 bits per heavy atom. The maximum atomic E-state index is 12.3. The summed E-state index contributed by atoms with van der Waals surface area (Å²) < 4.78 is 25.8. The SMILES string of the molecule is CCCCCN(C)S(=O)(=O)c1ccccc1C(=O)O. The lowest BCUT2D eigenvalue weighted by atomic mass is 10.2. The molecule has 0 bridgehead atoms. The first-order valence-corrected chi connectivity index (χ1v) is 7.64. The van der Waals surface area contributed by atoms with Crippen molar-refractivity contribution in [2.24, 2.45) is 0 Å². The zero-order valence-corrected chi connectivity index (χ0v) is 12.0. The van der Waals surface area contributed by atoms with Gasteiger partial charge in [-0.1, -0.05) is 31.9 Å². The Balaban J connectivity index is 3.03. The van der Waals surface area contributed by atoms with Crippen molar-refractivity contribution >= 4 is 16.0 Å². The van der Waals surface area contributed by atoms with E-state index in [0.29, 0.717) is 6.54 Å². The predicted octanol–water partition coefficient (Wildman–Crippen LogP) is 2.20. The molecule has 0 fully saturated rings. The minimum absolute atomic E-state index is 0.151. The molecule has 0 aliphatic carbocycles. The van der Waals surface area contributed by atoms with E-state index in [0.717, 1.165) is 19.3 Å². The lowest BCUT2D eigenvalue weighted by Gasteiger charge is -2.18. The number of carbonyl (C=O) groups is 1. The number of carboxylic acid groups (broad SMARTS) is 1. The molecule has 1 aromatic carbocycles. The number of sulfonamides is 1. The fraction of sp³-hybridized carbons (Fsp3) is 0.462. The van der Waals surface area contributed by atoms with Gasteiger partial charge in [-0.25, -0.2) is 17.5 Å². The standard InChI is InChI=1S/C13H19NO4S/c1-3-4-7-10-14(2)19(17,18)12-9-6-5-8-11(12)13(15)16/h5-6,8-9H,3-4,7,10H2,1-2H3,(H,15,16). The lowest BCUT2D eigenvalue weighted by molar-refractivity contribution is 0.0692. The van der Waals surface area contributed by atoms with Crippen LogP contribution in [0.2, 0.25) is 0 Å². The van der Waals surface area contributed by atoms with Crippen molar-refractivity contribution in [2.45, 2.75) is 31.1 Å². The normalized spacial score (nSPS) is 11.7. The van der Waals surface area contributed by atoms with E-state index < -0.39 is 16.0 Å². The van der Waals surface area contributed by atoms with Gasteiger partial charge in [-0.2, -0.15) is 0 Å². The number of nitrogens with zero attached hydrogens (tertiary/aromatic N) is 1. The molecule has 1 N–H and O–H groups in total. The molecule has 0 aromatic heterocycles.